The van der Waals surface area contributed by atoms with Crippen LogP contribution < -0.4 is 10.2 Å². The van der Waals surface area contributed by atoms with E-state index in [0.29, 0.717) is 26.1 Å². The zero-order chi connectivity index (χ0) is 22.2. The second-order valence-corrected chi connectivity index (χ2v) is 8.98. The molecule has 2 aromatic carbocycles. The number of furan rings is 1. The van der Waals surface area contributed by atoms with Crippen molar-refractivity contribution in [1.29, 1.82) is 0 Å². The molecule has 1 saturated heterocycles. The lowest BCUT2D eigenvalue weighted by Crippen LogP contribution is -2.29. The number of anilines is 1. The van der Waals surface area contributed by atoms with Crippen LogP contribution in [0.25, 0.3) is 11.3 Å². The van der Waals surface area contributed by atoms with Gasteiger partial charge in [-0.15, -0.1) is 0 Å². The van der Waals surface area contributed by atoms with Crippen molar-refractivity contribution >= 4 is 50.5 Å². The van der Waals surface area contributed by atoms with Crippen LogP contribution in [0.15, 0.2) is 87.9 Å². The van der Waals surface area contributed by atoms with E-state index in [1.807, 2.05) is 59.5 Å². The Bertz CT molecular complexity index is 1280. The van der Waals surface area contributed by atoms with E-state index in [2.05, 4.69) is 26.2 Å². The zero-order valence-electron chi connectivity index (χ0n) is 16.5. The highest BCUT2D eigenvalue weighted by Crippen LogP contribution is 2.43. The largest absolute Gasteiger partial charge is 0.459 e. The molecule has 1 N–H and O–H groups in total. The van der Waals surface area contributed by atoms with Gasteiger partial charge in [0.25, 0.3) is 0 Å². The molecule has 160 valence electrons. The summed E-state index contributed by atoms with van der Waals surface area (Å²) in [6, 6.07) is 21.1. The molecule has 0 amide bonds. The van der Waals surface area contributed by atoms with E-state index in [9.17, 15) is 4.39 Å². The standard InChI is InChI=1S/C24H16BrClFN3OS/c25-18-13-15(27)6-9-17(18)20-10-11-21(31-20)23-22(19-3-1-2-12-28-19)29-24(32)30(23)16-7-4-14(26)5-8-16/h1-13,22-23H,(H,29,32)/t22-,23-/m1/s1. The lowest BCUT2D eigenvalue weighted by molar-refractivity contribution is 0.439. The van der Waals surface area contributed by atoms with E-state index in [4.69, 9.17) is 28.2 Å². The van der Waals surface area contributed by atoms with Gasteiger partial charge < -0.3 is 14.6 Å². The Labute approximate surface area is 203 Å². The molecule has 0 aliphatic carbocycles. The maximum atomic E-state index is 13.6. The average molecular weight is 529 g/mol. The van der Waals surface area contributed by atoms with Gasteiger partial charge in [0, 0.05) is 26.9 Å². The van der Waals surface area contributed by atoms with Gasteiger partial charge in [0.1, 0.15) is 23.4 Å². The molecule has 2 atom stereocenters. The molecule has 0 spiro atoms. The number of pyridine rings is 1. The Hall–Kier alpha value is -2.74. The third kappa shape index (κ3) is 3.92. The summed E-state index contributed by atoms with van der Waals surface area (Å²) in [5.41, 5.74) is 2.49. The van der Waals surface area contributed by atoms with Crippen LogP contribution in [0, 0.1) is 5.82 Å². The Kier molecular flexibility index (Phi) is 5.71. The van der Waals surface area contributed by atoms with E-state index in [-0.39, 0.29) is 17.9 Å². The molecule has 1 aliphatic rings. The minimum Gasteiger partial charge on any atom is -0.459 e. The van der Waals surface area contributed by atoms with Gasteiger partial charge in [-0.2, -0.15) is 0 Å². The predicted molar refractivity (Wildman–Crippen MR) is 131 cm³/mol. The summed E-state index contributed by atoms with van der Waals surface area (Å²) < 4.78 is 20.5. The van der Waals surface area contributed by atoms with Gasteiger partial charge in [-0.1, -0.05) is 17.7 Å². The number of nitrogens with one attached hydrogen (secondary N) is 1. The van der Waals surface area contributed by atoms with Gasteiger partial charge >= 0.3 is 0 Å². The number of aromatic nitrogens is 1. The first kappa shape index (κ1) is 21.1. The first-order valence-electron chi connectivity index (χ1n) is 9.82. The number of benzene rings is 2. The fraction of sp³-hybridized carbons (Fsp3) is 0.0833. The molecule has 2 aromatic heterocycles. The van der Waals surface area contributed by atoms with Crippen molar-refractivity contribution < 1.29 is 8.81 Å². The monoisotopic (exact) mass is 527 g/mol. The van der Waals surface area contributed by atoms with E-state index >= 15 is 0 Å². The Morgan fingerprint density at radius 1 is 1.06 bits per heavy atom. The summed E-state index contributed by atoms with van der Waals surface area (Å²) in [4.78, 5) is 6.55. The Morgan fingerprint density at radius 3 is 2.59 bits per heavy atom. The maximum Gasteiger partial charge on any atom is 0.174 e. The molecule has 0 unspecified atom stereocenters. The van der Waals surface area contributed by atoms with Crippen LogP contribution in [0.2, 0.25) is 5.02 Å². The van der Waals surface area contributed by atoms with Gasteiger partial charge in [-0.3, -0.25) is 4.98 Å². The maximum absolute atomic E-state index is 13.6. The van der Waals surface area contributed by atoms with Crippen molar-refractivity contribution in [3.63, 3.8) is 0 Å². The van der Waals surface area contributed by atoms with Gasteiger partial charge in [0.15, 0.2) is 5.11 Å². The number of thiocarbonyl (C=S) groups is 1. The third-order valence-electron chi connectivity index (χ3n) is 5.32. The van der Waals surface area contributed by atoms with E-state index in [1.54, 1.807) is 12.3 Å². The van der Waals surface area contributed by atoms with Crippen LogP contribution in [0.5, 0.6) is 0 Å². The van der Waals surface area contributed by atoms with Crippen molar-refractivity contribution in [1.82, 2.24) is 10.3 Å². The lowest BCUT2D eigenvalue weighted by atomic mass is 10.0. The van der Waals surface area contributed by atoms with Crippen LogP contribution in [-0.2, 0) is 0 Å². The molecule has 5 rings (SSSR count). The fourth-order valence-electron chi connectivity index (χ4n) is 3.87. The molecule has 0 bridgehead atoms. The second kappa shape index (κ2) is 8.65. The number of nitrogens with zero attached hydrogens (tertiary/aromatic N) is 2. The summed E-state index contributed by atoms with van der Waals surface area (Å²) in [5, 5.41) is 4.60. The van der Waals surface area contributed by atoms with Crippen LogP contribution in [-0.4, -0.2) is 10.1 Å². The SMILES string of the molecule is Fc1ccc(-c2ccc([C@@H]3[C@@H](c4ccccn4)NC(=S)N3c3ccc(Cl)cc3)o2)c(Br)c1. The molecule has 1 aliphatic heterocycles. The molecule has 8 heteroatoms. The summed E-state index contributed by atoms with van der Waals surface area (Å²) in [6.07, 6.45) is 1.76. The summed E-state index contributed by atoms with van der Waals surface area (Å²) in [6.45, 7) is 0. The van der Waals surface area contributed by atoms with Crippen molar-refractivity contribution in [2.45, 2.75) is 12.1 Å². The Balaban J connectivity index is 1.60. The normalized spacial score (nSPS) is 18.1. The summed E-state index contributed by atoms with van der Waals surface area (Å²) >= 11 is 15.2. The second-order valence-electron chi connectivity index (χ2n) is 7.30. The van der Waals surface area contributed by atoms with Crippen molar-refractivity contribution in [3.8, 4) is 11.3 Å². The third-order valence-corrected chi connectivity index (χ3v) is 6.54. The van der Waals surface area contributed by atoms with Crippen LogP contribution in [0.4, 0.5) is 10.1 Å². The predicted octanol–water partition coefficient (Wildman–Crippen LogP) is 7.07. The van der Waals surface area contributed by atoms with Crippen LogP contribution in [0.1, 0.15) is 23.5 Å². The molecular formula is C24H16BrClFN3OS. The molecule has 32 heavy (non-hydrogen) atoms. The highest BCUT2D eigenvalue weighted by molar-refractivity contribution is 9.10. The lowest BCUT2D eigenvalue weighted by Gasteiger charge is -2.26. The Morgan fingerprint density at radius 2 is 1.88 bits per heavy atom. The van der Waals surface area contributed by atoms with Crippen molar-refractivity contribution in [2.24, 2.45) is 0 Å². The molecule has 0 radical (unpaired) electrons. The summed E-state index contributed by atoms with van der Waals surface area (Å²) in [5.74, 6) is 1.01. The number of hydrogen-bond donors (Lipinski definition) is 1. The van der Waals surface area contributed by atoms with Crippen LogP contribution in [0.3, 0.4) is 0 Å². The highest BCUT2D eigenvalue weighted by Gasteiger charge is 2.42. The summed E-state index contributed by atoms with van der Waals surface area (Å²) in [7, 11) is 0. The highest BCUT2D eigenvalue weighted by atomic mass is 79.9. The first-order chi connectivity index (χ1) is 15.5. The quantitative estimate of drug-likeness (QED) is 0.287. The first-order valence-corrected chi connectivity index (χ1v) is 11.4. The van der Waals surface area contributed by atoms with Gasteiger partial charge in [-0.05, 0) is 94.9 Å². The number of halogens is 3. The van der Waals surface area contributed by atoms with Gasteiger partial charge in [0.05, 0.1) is 11.7 Å². The molecule has 3 heterocycles. The molecule has 0 saturated carbocycles. The average Bonchev–Trinajstić information content (AvgIpc) is 3.39. The van der Waals surface area contributed by atoms with E-state index in [1.165, 1.54) is 12.1 Å². The zero-order valence-corrected chi connectivity index (χ0v) is 19.7. The van der Waals surface area contributed by atoms with E-state index < -0.39 is 0 Å². The van der Waals surface area contributed by atoms with Gasteiger partial charge in [0.2, 0.25) is 0 Å². The van der Waals surface area contributed by atoms with Crippen molar-refractivity contribution in [3.05, 3.63) is 106 Å². The number of hydrogen-bond acceptors (Lipinski definition) is 3. The fourth-order valence-corrected chi connectivity index (χ4v) is 4.89. The van der Waals surface area contributed by atoms with Crippen LogP contribution >= 0.6 is 39.7 Å². The molecule has 1 fully saturated rings. The topological polar surface area (TPSA) is 41.3 Å². The molecule has 4 nitrogen and oxygen atoms in total. The van der Waals surface area contributed by atoms with E-state index in [0.717, 1.165) is 16.9 Å². The van der Waals surface area contributed by atoms with Gasteiger partial charge in [-0.25, -0.2) is 4.39 Å². The minimum absolute atomic E-state index is 0.227. The molecule has 4 aromatic rings. The van der Waals surface area contributed by atoms with Crippen molar-refractivity contribution in [2.75, 3.05) is 4.90 Å². The number of rotatable bonds is 4. The minimum atomic E-state index is -0.318. The molecular weight excluding hydrogens is 513 g/mol. The smallest absolute Gasteiger partial charge is 0.174 e.